The number of nitrogens with one attached hydrogen (secondary N) is 1. The largest absolute Gasteiger partial charge is 0.452 e. The molecule has 0 saturated heterocycles. The van der Waals surface area contributed by atoms with E-state index in [2.05, 4.69) is 10.1 Å². The Kier molecular flexibility index (Phi) is 6.19. The molecule has 0 saturated carbocycles. The zero-order chi connectivity index (χ0) is 18.4. The van der Waals surface area contributed by atoms with Crippen molar-refractivity contribution in [3.05, 3.63) is 70.5 Å². The lowest BCUT2D eigenvalue weighted by atomic mass is 10.2. The highest BCUT2D eigenvalue weighted by Crippen LogP contribution is 2.17. The van der Waals surface area contributed by atoms with Crippen LogP contribution in [-0.4, -0.2) is 18.5 Å². The van der Waals surface area contributed by atoms with Crippen molar-refractivity contribution in [1.82, 2.24) is 0 Å². The Hall–Kier alpha value is -2.80. The third-order valence-electron chi connectivity index (χ3n) is 2.90. The number of benzene rings is 2. The van der Waals surface area contributed by atoms with E-state index in [0.717, 1.165) is 30.3 Å². The van der Waals surface area contributed by atoms with Gasteiger partial charge in [-0.25, -0.2) is 18.0 Å². The number of hydrogen-bond acceptors (Lipinski definition) is 3. The van der Waals surface area contributed by atoms with E-state index in [4.69, 9.17) is 11.6 Å². The summed E-state index contributed by atoms with van der Waals surface area (Å²) in [7, 11) is 0. The predicted molar refractivity (Wildman–Crippen MR) is 86.4 cm³/mol. The van der Waals surface area contributed by atoms with Gasteiger partial charge in [-0.05, 0) is 35.9 Å². The summed E-state index contributed by atoms with van der Waals surface area (Å²) < 4.78 is 44.0. The maximum atomic E-state index is 13.4. The van der Waals surface area contributed by atoms with E-state index >= 15 is 0 Å². The van der Waals surface area contributed by atoms with Gasteiger partial charge in [-0.2, -0.15) is 0 Å². The van der Waals surface area contributed by atoms with Crippen LogP contribution in [0.25, 0.3) is 6.08 Å². The summed E-state index contributed by atoms with van der Waals surface area (Å²) in [6.07, 6.45) is 2.33. The molecule has 0 aliphatic heterocycles. The second-order valence-corrected chi connectivity index (χ2v) is 5.19. The van der Waals surface area contributed by atoms with Gasteiger partial charge < -0.3 is 10.1 Å². The van der Waals surface area contributed by atoms with Gasteiger partial charge in [-0.3, -0.25) is 4.79 Å². The lowest BCUT2D eigenvalue weighted by molar-refractivity contribution is -0.142. The summed E-state index contributed by atoms with van der Waals surface area (Å²) >= 11 is 5.60. The van der Waals surface area contributed by atoms with Gasteiger partial charge >= 0.3 is 5.97 Å². The molecule has 0 heterocycles. The molecule has 0 spiro atoms. The molecule has 0 aromatic heterocycles. The van der Waals surface area contributed by atoms with Crippen molar-refractivity contribution in [3.8, 4) is 0 Å². The third kappa shape index (κ3) is 5.65. The molecule has 0 aliphatic carbocycles. The monoisotopic (exact) mass is 369 g/mol. The zero-order valence-corrected chi connectivity index (χ0v) is 13.3. The average Bonchev–Trinajstić information content (AvgIpc) is 2.57. The lowest BCUT2D eigenvalue weighted by Gasteiger charge is -2.06. The fourth-order valence-corrected chi connectivity index (χ4v) is 1.93. The number of anilines is 1. The summed E-state index contributed by atoms with van der Waals surface area (Å²) in [5.41, 5.74) is 0.0900. The molecule has 2 rings (SSSR count). The van der Waals surface area contributed by atoms with E-state index in [1.165, 1.54) is 18.2 Å². The highest BCUT2D eigenvalue weighted by molar-refractivity contribution is 6.30. The van der Waals surface area contributed by atoms with E-state index in [0.29, 0.717) is 5.56 Å². The number of carbonyl (C=O) groups is 2. The van der Waals surface area contributed by atoms with Crippen molar-refractivity contribution in [3.63, 3.8) is 0 Å². The highest BCUT2D eigenvalue weighted by Gasteiger charge is 2.10. The second kappa shape index (κ2) is 8.34. The van der Waals surface area contributed by atoms with Gasteiger partial charge in [-0.1, -0.05) is 17.7 Å². The Morgan fingerprint density at radius 2 is 1.80 bits per heavy atom. The van der Waals surface area contributed by atoms with Gasteiger partial charge in [-0.15, -0.1) is 0 Å². The van der Waals surface area contributed by atoms with Crippen LogP contribution < -0.4 is 5.32 Å². The molecule has 4 nitrogen and oxygen atoms in total. The molecule has 0 bridgehead atoms. The van der Waals surface area contributed by atoms with Gasteiger partial charge in [0.25, 0.3) is 5.91 Å². The van der Waals surface area contributed by atoms with Gasteiger partial charge in [0.1, 0.15) is 17.5 Å². The standard InChI is InChI=1S/C17H11ClF3NO3/c18-12-7-10(1-4-13(12)20)2-6-17(24)25-9-16(23)22-15-8-11(19)3-5-14(15)21/h1-8H,9H2,(H,22,23)/b6-2+. The Bertz CT molecular complexity index is 840. The number of rotatable bonds is 5. The minimum Gasteiger partial charge on any atom is -0.452 e. The molecular weight excluding hydrogens is 359 g/mol. The van der Waals surface area contributed by atoms with Crippen molar-refractivity contribution in [2.45, 2.75) is 0 Å². The van der Waals surface area contributed by atoms with E-state index < -0.39 is 35.9 Å². The molecule has 2 aromatic carbocycles. The molecule has 0 aliphatic rings. The number of amides is 1. The quantitative estimate of drug-likeness (QED) is 0.641. The maximum Gasteiger partial charge on any atom is 0.331 e. The lowest BCUT2D eigenvalue weighted by Crippen LogP contribution is -2.20. The fourth-order valence-electron chi connectivity index (χ4n) is 1.74. The molecule has 130 valence electrons. The van der Waals surface area contributed by atoms with E-state index in [1.807, 2.05) is 0 Å². The molecule has 0 unspecified atom stereocenters. The summed E-state index contributed by atoms with van der Waals surface area (Å²) in [5, 5.41) is 1.97. The van der Waals surface area contributed by atoms with Crippen LogP contribution in [0.5, 0.6) is 0 Å². The number of hydrogen-bond donors (Lipinski definition) is 1. The molecule has 25 heavy (non-hydrogen) atoms. The molecule has 0 atom stereocenters. The summed E-state index contributed by atoms with van der Waals surface area (Å²) in [5.74, 6) is -3.84. The minimum absolute atomic E-state index is 0.105. The van der Waals surface area contributed by atoms with Crippen molar-refractivity contribution in [2.24, 2.45) is 0 Å². The number of esters is 1. The fraction of sp³-hybridized carbons (Fsp3) is 0.0588. The molecule has 0 fully saturated rings. The van der Waals surface area contributed by atoms with Crippen molar-refractivity contribution >= 4 is 35.2 Å². The van der Waals surface area contributed by atoms with Gasteiger partial charge in [0.2, 0.25) is 0 Å². The van der Waals surface area contributed by atoms with Crippen molar-refractivity contribution in [1.29, 1.82) is 0 Å². The Balaban J connectivity index is 1.86. The summed E-state index contributed by atoms with van der Waals surface area (Å²) in [6, 6.07) is 6.39. The first kappa shape index (κ1) is 18.5. The normalized spacial score (nSPS) is 10.7. The summed E-state index contributed by atoms with van der Waals surface area (Å²) in [4.78, 5) is 23.1. The first-order chi connectivity index (χ1) is 11.8. The molecule has 0 radical (unpaired) electrons. The van der Waals surface area contributed by atoms with Crippen LogP contribution in [0.3, 0.4) is 0 Å². The second-order valence-electron chi connectivity index (χ2n) is 4.79. The van der Waals surface area contributed by atoms with Crippen LogP contribution in [0.2, 0.25) is 5.02 Å². The van der Waals surface area contributed by atoms with Crippen LogP contribution in [0.4, 0.5) is 18.9 Å². The van der Waals surface area contributed by atoms with Gasteiger partial charge in [0.15, 0.2) is 6.61 Å². The molecule has 8 heteroatoms. The smallest absolute Gasteiger partial charge is 0.331 e. The van der Waals surface area contributed by atoms with Crippen molar-refractivity contribution < 1.29 is 27.5 Å². The third-order valence-corrected chi connectivity index (χ3v) is 3.19. The highest BCUT2D eigenvalue weighted by atomic mass is 35.5. The molecule has 2 aromatic rings. The zero-order valence-electron chi connectivity index (χ0n) is 12.6. The Labute approximate surface area is 145 Å². The molecule has 1 amide bonds. The van der Waals surface area contributed by atoms with Crippen LogP contribution in [0, 0.1) is 17.5 Å². The van der Waals surface area contributed by atoms with Crippen LogP contribution in [0.1, 0.15) is 5.56 Å². The van der Waals surface area contributed by atoms with E-state index in [1.54, 1.807) is 0 Å². The van der Waals surface area contributed by atoms with E-state index in [-0.39, 0.29) is 10.7 Å². The number of ether oxygens (including phenoxy) is 1. The SMILES string of the molecule is O=C(COC(=O)/C=C/c1ccc(F)c(Cl)c1)Nc1cc(F)ccc1F. The number of halogens is 4. The van der Waals surface area contributed by atoms with Crippen LogP contribution in [0.15, 0.2) is 42.5 Å². The first-order valence-electron chi connectivity index (χ1n) is 6.90. The number of carbonyl (C=O) groups excluding carboxylic acids is 2. The summed E-state index contributed by atoms with van der Waals surface area (Å²) in [6.45, 7) is -0.691. The minimum atomic E-state index is -0.852. The van der Waals surface area contributed by atoms with Gasteiger partial charge in [0, 0.05) is 12.1 Å². The molecule has 1 N–H and O–H groups in total. The molecular formula is C17H11ClF3NO3. The topological polar surface area (TPSA) is 55.4 Å². The van der Waals surface area contributed by atoms with Crippen molar-refractivity contribution in [2.75, 3.05) is 11.9 Å². The maximum absolute atomic E-state index is 13.4. The predicted octanol–water partition coefficient (Wildman–Crippen LogP) is 3.95. The Morgan fingerprint density at radius 3 is 2.52 bits per heavy atom. The van der Waals surface area contributed by atoms with E-state index in [9.17, 15) is 22.8 Å². The Morgan fingerprint density at radius 1 is 1.08 bits per heavy atom. The average molecular weight is 370 g/mol. The first-order valence-corrected chi connectivity index (χ1v) is 7.28. The van der Waals surface area contributed by atoms with Crippen LogP contribution >= 0.6 is 11.6 Å². The van der Waals surface area contributed by atoms with Gasteiger partial charge in [0.05, 0.1) is 10.7 Å². The van der Waals surface area contributed by atoms with Crippen LogP contribution in [-0.2, 0) is 14.3 Å².